The van der Waals surface area contributed by atoms with Crippen molar-refractivity contribution in [2.45, 2.75) is 6.92 Å². The Hall–Kier alpha value is -3.73. The highest BCUT2D eigenvalue weighted by atomic mass is 16.5. The fourth-order valence-electron chi connectivity index (χ4n) is 2.82. The summed E-state index contributed by atoms with van der Waals surface area (Å²) >= 11 is 0. The molecule has 0 saturated carbocycles. The first-order valence-corrected chi connectivity index (χ1v) is 8.84. The highest BCUT2D eigenvalue weighted by molar-refractivity contribution is 5.89. The van der Waals surface area contributed by atoms with Crippen LogP contribution in [0.2, 0.25) is 0 Å². The molecule has 5 heteroatoms. The van der Waals surface area contributed by atoms with Crippen LogP contribution in [0.1, 0.15) is 12.5 Å². The van der Waals surface area contributed by atoms with Gasteiger partial charge in [-0.25, -0.2) is 0 Å². The highest BCUT2D eigenvalue weighted by Gasteiger charge is 2.07. The Balaban J connectivity index is 1.80. The van der Waals surface area contributed by atoms with Gasteiger partial charge in [0.05, 0.1) is 18.5 Å². The molecule has 3 aromatic rings. The average molecular weight is 373 g/mol. The van der Waals surface area contributed by atoms with E-state index in [-0.39, 0.29) is 5.91 Å². The predicted octanol–water partition coefficient (Wildman–Crippen LogP) is 4.99. The molecule has 0 radical (unpaired) electrons. The molecule has 5 nitrogen and oxygen atoms in total. The fraction of sp³-hybridized carbons (Fsp3) is 0.0870. The summed E-state index contributed by atoms with van der Waals surface area (Å²) in [5, 5.41) is 6.06. The Labute approximate surface area is 164 Å². The molecular weight excluding hydrogens is 350 g/mol. The number of benzene rings is 3. The van der Waals surface area contributed by atoms with Crippen LogP contribution in [0.3, 0.4) is 0 Å². The molecule has 28 heavy (non-hydrogen) atoms. The Morgan fingerprint density at radius 2 is 1.57 bits per heavy atom. The van der Waals surface area contributed by atoms with E-state index in [0.29, 0.717) is 5.69 Å². The van der Waals surface area contributed by atoms with Crippen LogP contribution in [-0.4, -0.2) is 13.0 Å². The summed E-state index contributed by atoms with van der Waals surface area (Å²) in [6.07, 6.45) is 0. The Morgan fingerprint density at radius 3 is 2.18 bits per heavy atom. The van der Waals surface area contributed by atoms with Crippen molar-refractivity contribution >= 4 is 28.7 Å². The van der Waals surface area contributed by atoms with Crippen LogP contribution < -0.4 is 21.1 Å². The van der Waals surface area contributed by atoms with Crippen molar-refractivity contribution in [3.63, 3.8) is 0 Å². The number of anilines is 3. The number of hydrogen-bond donors (Lipinski definition) is 3. The van der Waals surface area contributed by atoms with E-state index in [0.717, 1.165) is 39.5 Å². The molecule has 3 rings (SSSR count). The number of methoxy groups -OCH3 is 1. The molecule has 0 unspecified atom stereocenters. The summed E-state index contributed by atoms with van der Waals surface area (Å²) in [4.78, 5) is 11.2. The van der Waals surface area contributed by atoms with E-state index >= 15 is 0 Å². The van der Waals surface area contributed by atoms with Crippen molar-refractivity contribution in [1.29, 1.82) is 0 Å². The lowest BCUT2D eigenvalue weighted by molar-refractivity contribution is -0.114. The van der Waals surface area contributed by atoms with Gasteiger partial charge in [0.25, 0.3) is 0 Å². The number of nitrogen functional groups attached to an aromatic ring is 1. The smallest absolute Gasteiger partial charge is 0.221 e. The quantitative estimate of drug-likeness (QED) is 0.532. The van der Waals surface area contributed by atoms with Gasteiger partial charge >= 0.3 is 0 Å². The maximum atomic E-state index is 11.2. The molecule has 4 N–H and O–H groups in total. The molecule has 0 bridgehead atoms. The zero-order valence-corrected chi connectivity index (χ0v) is 16.0. The maximum Gasteiger partial charge on any atom is 0.221 e. The standard InChI is InChI=1S/C23H23N3O2/c1-15(17-6-11-21(28-3)12-7-17)25-23-14-19(8-13-22(23)24)18-4-9-20(10-5-18)26-16(2)27/h4-14,25H,1,24H2,2-3H3,(H,26,27). The van der Waals surface area contributed by atoms with E-state index in [9.17, 15) is 4.79 Å². The van der Waals surface area contributed by atoms with Crippen LogP contribution >= 0.6 is 0 Å². The summed E-state index contributed by atoms with van der Waals surface area (Å²) in [6, 6.07) is 21.1. The van der Waals surface area contributed by atoms with Crippen molar-refractivity contribution < 1.29 is 9.53 Å². The number of nitrogens with two attached hydrogens (primary N) is 1. The topological polar surface area (TPSA) is 76.4 Å². The number of amides is 1. The van der Waals surface area contributed by atoms with E-state index in [2.05, 4.69) is 17.2 Å². The molecule has 0 aromatic heterocycles. The number of carbonyl (C=O) groups excluding carboxylic acids is 1. The third-order valence-corrected chi connectivity index (χ3v) is 4.32. The Kier molecular flexibility index (Phi) is 5.65. The van der Waals surface area contributed by atoms with Crippen LogP contribution in [0.4, 0.5) is 17.1 Å². The van der Waals surface area contributed by atoms with Gasteiger partial charge in [0.1, 0.15) is 5.75 Å². The SMILES string of the molecule is C=C(Nc1cc(-c2ccc(NC(C)=O)cc2)ccc1N)c1ccc(OC)cc1. The third-order valence-electron chi connectivity index (χ3n) is 4.32. The molecular formula is C23H23N3O2. The largest absolute Gasteiger partial charge is 0.497 e. The van der Waals surface area contributed by atoms with Gasteiger partial charge in [-0.15, -0.1) is 0 Å². The summed E-state index contributed by atoms with van der Waals surface area (Å²) in [5.74, 6) is 0.699. The van der Waals surface area contributed by atoms with Crippen molar-refractivity contribution in [2.75, 3.05) is 23.5 Å². The average Bonchev–Trinajstić information content (AvgIpc) is 2.70. The lowest BCUT2D eigenvalue weighted by Crippen LogP contribution is -2.05. The first-order valence-electron chi connectivity index (χ1n) is 8.84. The van der Waals surface area contributed by atoms with Gasteiger partial charge in [-0.05, 0) is 65.2 Å². The second kappa shape index (κ2) is 8.31. The van der Waals surface area contributed by atoms with Crippen molar-refractivity contribution in [1.82, 2.24) is 0 Å². The monoisotopic (exact) mass is 373 g/mol. The summed E-state index contributed by atoms with van der Waals surface area (Å²) in [6.45, 7) is 5.60. The minimum Gasteiger partial charge on any atom is -0.497 e. The van der Waals surface area contributed by atoms with E-state index < -0.39 is 0 Å². The lowest BCUT2D eigenvalue weighted by atomic mass is 10.0. The van der Waals surface area contributed by atoms with Gasteiger partial charge in [-0.2, -0.15) is 0 Å². The van der Waals surface area contributed by atoms with Crippen molar-refractivity contribution in [2.24, 2.45) is 0 Å². The molecule has 0 heterocycles. The Morgan fingerprint density at radius 1 is 0.929 bits per heavy atom. The summed E-state index contributed by atoms with van der Waals surface area (Å²) in [5.41, 5.74) is 12.0. The maximum absolute atomic E-state index is 11.2. The first kappa shape index (κ1) is 19.0. The number of carbonyl (C=O) groups is 1. The van der Waals surface area contributed by atoms with Crippen LogP contribution in [0, 0.1) is 0 Å². The summed E-state index contributed by atoms with van der Waals surface area (Å²) < 4.78 is 5.19. The van der Waals surface area contributed by atoms with Crippen LogP contribution in [0.5, 0.6) is 5.75 Å². The van der Waals surface area contributed by atoms with Gasteiger partial charge in [0, 0.05) is 18.3 Å². The second-order valence-electron chi connectivity index (χ2n) is 6.39. The van der Waals surface area contributed by atoms with Crippen LogP contribution in [0.25, 0.3) is 16.8 Å². The van der Waals surface area contributed by atoms with Crippen LogP contribution in [-0.2, 0) is 4.79 Å². The molecule has 142 valence electrons. The predicted molar refractivity (Wildman–Crippen MR) is 116 cm³/mol. The van der Waals surface area contributed by atoms with Crippen molar-refractivity contribution in [3.8, 4) is 16.9 Å². The lowest BCUT2D eigenvalue weighted by Gasteiger charge is -2.14. The molecule has 0 aliphatic carbocycles. The molecule has 0 saturated heterocycles. The van der Waals surface area contributed by atoms with Gasteiger partial charge in [-0.1, -0.05) is 24.8 Å². The van der Waals surface area contributed by atoms with E-state index in [4.69, 9.17) is 10.5 Å². The van der Waals surface area contributed by atoms with Crippen LogP contribution in [0.15, 0.2) is 73.3 Å². The molecule has 0 fully saturated rings. The summed E-state index contributed by atoms with van der Waals surface area (Å²) in [7, 11) is 1.64. The number of rotatable bonds is 6. The minimum atomic E-state index is -0.0937. The molecule has 0 spiro atoms. The van der Waals surface area contributed by atoms with E-state index in [1.165, 1.54) is 6.92 Å². The molecule has 1 amide bonds. The zero-order chi connectivity index (χ0) is 20.1. The number of ether oxygens (including phenoxy) is 1. The molecule has 3 aromatic carbocycles. The second-order valence-corrected chi connectivity index (χ2v) is 6.39. The van der Waals surface area contributed by atoms with E-state index in [1.54, 1.807) is 7.11 Å². The normalized spacial score (nSPS) is 10.2. The molecule has 0 atom stereocenters. The Bertz CT molecular complexity index is 993. The van der Waals surface area contributed by atoms with Crippen molar-refractivity contribution in [3.05, 3.63) is 78.9 Å². The van der Waals surface area contributed by atoms with E-state index in [1.807, 2.05) is 66.7 Å². The zero-order valence-electron chi connectivity index (χ0n) is 16.0. The van der Waals surface area contributed by atoms with Gasteiger partial charge in [-0.3, -0.25) is 4.79 Å². The molecule has 0 aliphatic rings. The van der Waals surface area contributed by atoms with Gasteiger partial charge in [0.2, 0.25) is 5.91 Å². The fourth-order valence-corrected chi connectivity index (χ4v) is 2.82. The number of nitrogens with one attached hydrogen (secondary N) is 2. The highest BCUT2D eigenvalue weighted by Crippen LogP contribution is 2.30. The number of hydrogen-bond acceptors (Lipinski definition) is 4. The van der Waals surface area contributed by atoms with Gasteiger partial charge < -0.3 is 21.1 Å². The third kappa shape index (κ3) is 4.51. The van der Waals surface area contributed by atoms with Gasteiger partial charge in [0.15, 0.2) is 0 Å². The first-order chi connectivity index (χ1) is 13.5. The molecule has 0 aliphatic heterocycles. The minimum absolute atomic E-state index is 0.0937.